The number of aromatic nitrogens is 4. The molecule has 5 rings (SSSR count). The predicted octanol–water partition coefficient (Wildman–Crippen LogP) is 3.76. The molecule has 1 aliphatic rings. The summed E-state index contributed by atoms with van der Waals surface area (Å²) in [6.07, 6.45) is 6.15. The van der Waals surface area contributed by atoms with Gasteiger partial charge in [-0.25, -0.2) is 14.5 Å². The highest BCUT2D eigenvalue weighted by atomic mass is 31.1. The summed E-state index contributed by atoms with van der Waals surface area (Å²) in [4.78, 5) is 11.8. The van der Waals surface area contributed by atoms with Crippen molar-refractivity contribution in [1.29, 1.82) is 0 Å². The number of benzene rings is 1. The summed E-state index contributed by atoms with van der Waals surface area (Å²) in [5.74, 6) is 2.86. The Morgan fingerprint density at radius 2 is 2.00 bits per heavy atom. The first kappa shape index (κ1) is 21.6. The molecule has 0 bridgehead atoms. The van der Waals surface area contributed by atoms with Crippen molar-refractivity contribution in [3.63, 3.8) is 0 Å². The second-order valence-electron chi connectivity index (χ2n) is 8.37. The van der Waals surface area contributed by atoms with Gasteiger partial charge in [-0.1, -0.05) is 18.2 Å². The van der Waals surface area contributed by atoms with Crippen LogP contribution in [0.25, 0.3) is 16.8 Å². The maximum absolute atomic E-state index is 4.90. The molecule has 4 heterocycles. The molecule has 1 atom stereocenters. The van der Waals surface area contributed by atoms with Crippen molar-refractivity contribution in [2.24, 2.45) is 0 Å². The van der Waals surface area contributed by atoms with Crippen LogP contribution in [0.3, 0.4) is 0 Å². The molecular weight excluding hydrogens is 429 g/mol. The van der Waals surface area contributed by atoms with E-state index in [-0.39, 0.29) is 0 Å². The minimum atomic E-state index is 0.370. The van der Waals surface area contributed by atoms with Crippen LogP contribution in [0.5, 0.6) is 0 Å². The van der Waals surface area contributed by atoms with Crippen molar-refractivity contribution >= 4 is 36.6 Å². The molecule has 0 amide bonds. The molecule has 1 fully saturated rings. The molecule has 2 N–H and O–H groups in total. The highest BCUT2D eigenvalue weighted by Gasteiger charge is 2.19. The summed E-state index contributed by atoms with van der Waals surface area (Å²) < 4.78 is 1.93. The zero-order valence-corrected chi connectivity index (χ0v) is 19.8. The number of anilines is 2. The lowest BCUT2D eigenvalue weighted by Gasteiger charge is -2.30. The van der Waals surface area contributed by atoms with Gasteiger partial charge in [0.05, 0.1) is 16.8 Å². The van der Waals surface area contributed by atoms with E-state index in [0.717, 1.165) is 61.2 Å². The van der Waals surface area contributed by atoms with E-state index < -0.39 is 0 Å². The van der Waals surface area contributed by atoms with E-state index in [0.29, 0.717) is 12.0 Å². The van der Waals surface area contributed by atoms with E-state index in [4.69, 9.17) is 10.1 Å². The lowest BCUT2D eigenvalue weighted by Crippen LogP contribution is -2.40. The van der Waals surface area contributed by atoms with Crippen LogP contribution in [0, 0.1) is 0 Å². The van der Waals surface area contributed by atoms with Crippen LogP contribution >= 0.6 is 8.20 Å². The second-order valence-corrected chi connectivity index (χ2v) is 9.31. The van der Waals surface area contributed by atoms with Crippen LogP contribution < -0.4 is 16.1 Å². The molecule has 33 heavy (non-hydrogen) atoms. The molecule has 1 unspecified atom stereocenters. The monoisotopic (exact) mass is 457 g/mol. The van der Waals surface area contributed by atoms with Gasteiger partial charge in [0, 0.05) is 37.7 Å². The predicted molar refractivity (Wildman–Crippen MR) is 138 cm³/mol. The smallest absolute Gasteiger partial charge is 0.223 e. The van der Waals surface area contributed by atoms with Gasteiger partial charge in [0.15, 0.2) is 0 Å². The highest BCUT2D eigenvalue weighted by molar-refractivity contribution is 7.47. The fourth-order valence-electron chi connectivity index (χ4n) is 4.23. The van der Waals surface area contributed by atoms with Crippen LogP contribution in [0.1, 0.15) is 18.4 Å². The van der Waals surface area contributed by atoms with Crippen LogP contribution in [0.2, 0.25) is 0 Å². The average Bonchev–Trinajstić information content (AvgIpc) is 3.22. The fourth-order valence-corrected chi connectivity index (χ4v) is 5.18. The molecule has 7 nitrogen and oxygen atoms in total. The Labute approximate surface area is 195 Å². The number of piperidine rings is 1. The van der Waals surface area contributed by atoms with Crippen LogP contribution in [-0.2, 0) is 0 Å². The molecule has 0 radical (unpaired) electrons. The number of likely N-dealkylation sites (tertiary alicyclic amines) is 1. The maximum atomic E-state index is 4.90. The van der Waals surface area contributed by atoms with E-state index in [9.17, 15) is 0 Å². The summed E-state index contributed by atoms with van der Waals surface area (Å²) in [7, 11) is 5.11. The third kappa shape index (κ3) is 4.90. The Bertz CT molecular complexity index is 1270. The molecule has 0 spiro atoms. The lowest BCUT2D eigenvalue weighted by molar-refractivity contribution is 0.260. The van der Waals surface area contributed by atoms with Crippen molar-refractivity contribution in [3.8, 4) is 11.3 Å². The van der Waals surface area contributed by atoms with Crippen molar-refractivity contribution in [3.05, 3.63) is 66.5 Å². The van der Waals surface area contributed by atoms with Crippen LogP contribution in [0.4, 0.5) is 11.6 Å². The molecule has 3 aromatic heterocycles. The fraction of sp³-hybridized carbons (Fsp3) is 0.280. The Kier molecular flexibility index (Phi) is 6.33. The van der Waals surface area contributed by atoms with Crippen molar-refractivity contribution in [2.75, 3.05) is 37.8 Å². The topological polar surface area (TPSA) is 70.4 Å². The number of hydrogen-bond acceptors (Lipinski definition) is 6. The summed E-state index contributed by atoms with van der Waals surface area (Å²) >= 11 is 0. The van der Waals surface area contributed by atoms with Gasteiger partial charge in [-0.3, -0.25) is 0 Å². The normalized spacial score (nSPS) is 17.0. The van der Waals surface area contributed by atoms with E-state index in [1.54, 1.807) is 0 Å². The zero-order chi connectivity index (χ0) is 22.6. The van der Waals surface area contributed by atoms with Gasteiger partial charge >= 0.3 is 0 Å². The first-order valence-electron chi connectivity index (χ1n) is 11.3. The van der Waals surface area contributed by atoms with Crippen molar-refractivity contribution in [2.45, 2.75) is 18.9 Å². The highest BCUT2D eigenvalue weighted by Crippen LogP contribution is 2.25. The van der Waals surface area contributed by atoms with Gasteiger partial charge in [0.25, 0.3) is 0 Å². The standard InChI is InChI=1S/C25H28N7P/c1-26-19-10-8-18(9-11-19)17-33-24-23(22-7-3-4-15-32(22)30-24)21-12-13-27-25(29-21)28-20-6-5-14-31(2)16-20/h3-4,7-13,15,17,20,26H,5-6,14,16H2,1-2H3,(H,27,28,29). The van der Waals surface area contributed by atoms with Crippen molar-refractivity contribution in [1.82, 2.24) is 24.5 Å². The molecular formula is C25H28N7P. The molecule has 168 valence electrons. The van der Waals surface area contributed by atoms with E-state index in [1.165, 1.54) is 6.42 Å². The lowest BCUT2D eigenvalue weighted by atomic mass is 10.1. The summed E-state index contributed by atoms with van der Waals surface area (Å²) in [6, 6.07) is 16.9. The quantitative estimate of drug-likeness (QED) is 0.430. The van der Waals surface area contributed by atoms with Crippen LogP contribution in [0.15, 0.2) is 60.9 Å². The third-order valence-electron chi connectivity index (χ3n) is 5.93. The maximum Gasteiger partial charge on any atom is 0.223 e. The van der Waals surface area contributed by atoms with Crippen LogP contribution in [-0.4, -0.2) is 63.5 Å². The molecule has 1 saturated heterocycles. The van der Waals surface area contributed by atoms with E-state index in [1.807, 2.05) is 42.2 Å². The summed E-state index contributed by atoms with van der Waals surface area (Å²) in [6.45, 7) is 2.16. The number of pyridine rings is 1. The van der Waals surface area contributed by atoms with Gasteiger partial charge in [-0.15, -0.1) is 0 Å². The molecule has 1 aromatic carbocycles. The number of fused-ring (bicyclic) bond motifs is 1. The average molecular weight is 458 g/mol. The first-order chi connectivity index (χ1) is 16.2. The zero-order valence-electron chi connectivity index (χ0n) is 18.9. The van der Waals surface area contributed by atoms with Gasteiger partial charge in [0.1, 0.15) is 5.44 Å². The molecule has 0 aliphatic carbocycles. The van der Waals surface area contributed by atoms with Gasteiger partial charge in [0.2, 0.25) is 5.95 Å². The Morgan fingerprint density at radius 3 is 2.82 bits per heavy atom. The molecule has 8 heteroatoms. The molecule has 0 saturated carbocycles. The second kappa shape index (κ2) is 9.69. The molecule has 1 aliphatic heterocycles. The van der Waals surface area contributed by atoms with E-state index in [2.05, 4.69) is 63.7 Å². The largest absolute Gasteiger partial charge is 0.388 e. The van der Waals surface area contributed by atoms with Gasteiger partial charge in [-0.2, -0.15) is 5.10 Å². The van der Waals surface area contributed by atoms with Crippen molar-refractivity contribution < 1.29 is 0 Å². The SMILES string of the molecule is CNc1ccc(C=Pc2nn3ccccc3c2-c2ccnc(NC3CCCN(C)C3)n2)cc1. The van der Waals surface area contributed by atoms with Gasteiger partial charge in [-0.05, 0) is 76.3 Å². The summed E-state index contributed by atoms with van der Waals surface area (Å²) in [5.41, 5.74) is 6.21. The first-order valence-corrected chi connectivity index (χ1v) is 12.2. The van der Waals surface area contributed by atoms with Gasteiger partial charge < -0.3 is 15.5 Å². The number of likely N-dealkylation sites (N-methyl/N-ethyl adjacent to an activating group) is 1. The number of nitrogens with zero attached hydrogens (tertiary/aromatic N) is 5. The number of rotatable bonds is 6. The number of nitrogens with one attached hydrogen (secondary N) is 2. The summed E-state index contributed by atoms with van der Waals surface area (Å²) in [5, 5.41) is 11.6. The van der Waals surface area contributed by atoms with E-state index >= 15 is 0 Å². The number of hydrogen-bond donors (Lipinski definition) is 2. The Hall–Kier alpha value is -3.28. The Balaban J connectivity index is 1.49. The third-order valence-corrected chi connectivity index (χ3v) is 6.91. The minimum Gasteiger partial charge on any atom is -0.388 e. The minimum absolute atomic E-state index is 0.370. The molecule has 4 aromatic rings. The Morgan fingerprint density at radius 1 is 1.12 bits per heavy atom.